The molecule has 0 spiro atoms. The molecule has 1 saturated heterocycles. The summed E-state index contributed by atoms with van der Waals surface area (Å²) in [7, 11) is 0. The van der Waals surface area contributed by atoms with Gasteiger partial charge in [0.1, 0.15) is 12.3 Å². The van der Waals surface area contributed by atoms with E-state index in [1.807, 2.05) is 0 Å². The van der Waals surface area contributed by atoms with Crippen LogP contribution in [0.1, 0.15) is 22.3 Å². The fourth-order valence-corrected chi connectivity index (χ4v) is 2.09. The summed E-state index contributed by atoms with van der Waals surface area (Å²) < 4.78 is 28.4. The van der Waals surface area contributed by atoms with Crippen LogP contribution >= 0.6 is 0 Å². The van der Waals surface area contributed by atoms with E-state index in [0.717, 1.165) is 0 Å². The van der Waals surface area contributed by atoms with Crippen molar-refractivity contribution in [2.75, 3.05) is 18.9 Å². The van der Waals surface area contributed by atoms with Gasteiger partial charge >= 0.3 is 0 Å². The Bertz CT molecular complexity index is 729. The van der Waals surface area contributed by atoms with Crippen LogP contribution in [-0.2, 0) is 4.74 Å². The van der Waals surface area contributed by atoms with Crippen molar-refractivity contribution in [3.63, 3.8) is 0 Å². The number of aliphatic hydroxyl groups is 2. The molecule has 0 aromatic carbocycles. The van der Waals surface area contributed by atoms with Crippen molar-refractivity contribution in [3.8, 4) is 5.88 Å². The fourth-order valence-electron chi connectivity index (χ4n) is 2.09. The van der Waals surface area contributed by atoms with Crippen LogP contribution in [-0.4, -0.2) is 55.2 Å². The van der Waals surface area contributed by atoms with Crippen LogP contribution in [0.4, 0.5) is 5.95 Å². The molecule has 0 saturated carbocycles. The molecule has 0 aliphatic carbocycles. The number of hydrogen-bond donors (Lipinski definition) is 3. The number of rotatable bonds is 4. The molecule has 1 aliphatic rings. The third-order valence-electron chi connectivity index (χ3n) is 3.05. The number of nitrogen functional groups attached to an aromatic ring is 1. The van der Waals surface area contributed by atoms with Gasteiger partial charge in [-0.25, -0.2) is 4.98 Å². The molecule has 3 rings (SSSR count). The molecule has 9 nitrogen and oxygen atoms in total. The van der Waals surface area contributed by atoms with Gasteiger partial charge in [-0.05, 0) is 6.92 Å². The molecule has 0 radical (unpaired) electrons. The number of aliphatic hydroxyl groups excluding tert-OH is 2. The standard InChI is InChI=1S/C12H17N5O4/c1-2-20-11-9-10(15-12(13)16-11)17(5-14-9)8-3-6(19)7(4-18)21-8/h5-8,18-19H,2-4H2,1H3,(H2,13,15,16)/t6-,7+,8+/m0/s1/i3T,8T/t3-,6+,7-,8-/m1. The van der Waals surface area contributed by atoms with E-state index in [9.17, 15) is 10.2 Å². The molecule has 21 heavy (non-hydrogen) atoms. The number of nitrogens with two attached hydrogens (primary N) is 1. The lowest BCUT2D eigenvalue weighted by Crippen LogP contribution is -2.24. The zero-order valence-electron chi connectivity index (χ0n) is 13.3. The maximum Gasteiger partial charge on any atom is 0.247 e. The third kappa shape index (κ3) is 2.39. The minimum atomic E-state index is -2.01. The second-order valence-electron chi connectivity index (χ2n) is 4.44. The van der Waals surface area contributed by atoms with E-state index in [0.29, 0.717) is 6.61 Å². The number of anilines is 1. The van der Waals surface area contributed by atoms with Gasteiger partial charge in [-0.3, -0.25) is 4.57 Å². The summed E-state index contributed by atoms with van der Waals surface area (Å²) in [4.78, 5) is 12.1. The highest BCUT2D eigenvalue weighted by Gasteiger charge is 2.35. The van der Waals surface area contributed by atoms with Crippen molar-refractivity contribution in [2.24, 2.45) is 0 Å². The Hall–Kier alpha value is -1.97. The van der Waals surface area contributed by atoms with E-state index >= 15 is 0 Å². The molecule has 1 aliphatic heterocycles. The molecule has 4 atom stereocenters. The molecular formula is C12H17N5O4. The maximum atomic E-state index is 9.95. The van der Waals surface area contributed by atoms with Gasteiger partial charge in [0.25, 0.3) is 0 Å². The quantitative estimate of drug-likeness (QED) is 0.685. The molecule has 2 aromatic rings. The monoisotopic (exact) mass is 299 g/mol. The van der Waals surface area contributed by atoms with Gasteiger partial charge in [-0.15, -0.1) is 0 Å². The van der Waals surface area contributed by atoms with Gasteiger partial charge in [-0.2, -0.15) is 9.97 Å². The molecule has 2 aromatic heterocycles. The number of imidazole rings is 1. The topological polar surface area (TPSA) is 129 Å². The van der Waals surface area contributed by atoms with Crippen LogP contribution in [0.15, 0.2) is 6.33 Å². The summed E-state index contributed by atoms with van der Waals surface area (Å²) >= 11 is 0. The highest BCUT2D eigenvalue weighted by molar-refractivity contribution is 5.77. The smallest absolute Gasteiger partial charge is 0.247 e. The van der Waals surface area contributed by atoms with Gasteiger partial charge in [0.05, 0.1) is 27.0 Å². The third-order valence-corrected chi connectivity index (χ3v) is 3.05. The minimum absolute atomic E-state index is 0.0786. The normalized spacial score (nSPS) is 34.0. The predicted molar refractivity (Wildman–Crippen MR) is 72.5 cm³/mol. The van der Waals surface area contributed by atoms with E-state index in [1.165, 1.54) is 10.9 Å². The van der Waals surface area contributed by atoms with Gasteiger partial charge in [-0.1, -0.05) is 0 Å². The van der Waals surface area contributed by atoms with Gasteiger partial charge in [0, 0.05) is 7.77 Å². The summed E-state index contributed by atoms with van der Waals surface area (Å²) in [6.07, 6.45) is -4.49. The molecule has 114 valence electrons. The molecule has 0 amide bonds. The van der Waals surface area contributed by atoms with E-state index < -0.39 is 31.4 Å². The highest BCUT2D eigenvalue weighted by Crippen LogP contribution is 2.32. The first-order chi connectivity index (χ1) is 10.9. The molecule has 3 heterocycles. The molecule has 0 unspecified atom stereocenters. The Morgan fingerprint density at radius 1 is 1.67 bits per heavy atom. The second-order valence-corrected chi connectivity index (χ2v) is 4.44. The lowest BCUT2D eigenvalue weighted by atomic mass is 10.2. The SMILES string of the molecule is [3H][C@@H]1[C@H](O)[C@@H](CO)O[C@@]1([3H])n1cnc2c(OCC)nc(N)nc21. The number of nitrogens with zero attached hydrogens (tertiary/aromatic N) is 4. The van der Waals surface area contributed by atoms with Gasteiger partial charge in [0.15, 0.2) is 11.2 Å². The lowest BCUT2D eigenvalue weighted by molar-refractivity contribution is -0.0432. The Balaban J connectivity index is 2.14. The summed E-state index contributed by atoms with van der Waals surface area (Å²) in [5.74, 6) is 0.0845. The molecule has 1 fully saturated rings. The molecule has 0 bridgehead atoms. The fraction of sp³-hybridized carbons (Fsp3) is 0.583. The first-order valence-electron chi connectivity index (χ1n) is 7.53. The van der Waals surface area contributed by atoms with Crippen molar-refractivity contribution < 1.29 is 22.4 Å². The van der Waals surface area contributed by atoms with Crippen LogP contribution in [0.25, 0.3) is 11.2 Å². The zero-order chi connectivity index (χ0) is 16.8. The minimum Gasteiger partial charge on any atom is -0.476 e. The average molecular weight is 299 g/mol. The zero-order valence-corrected chi connectivity index (χ0v) is 11.3. The molecular weight excluding hydrogens is 278 g/mol. The van der Waals surface area contributed by atoms with Crippen molar-refractivity contribution in [1.29, 1.82) is 0 Å². The van der Waals surface area contributed by atoms with Crippen molar-refractivity contribution in [1.82, 2.24) is 19.5 Å². The summed E-state index contributed by atoms with van der Waals surface area (Å²) in [5, 5.41) is 19.2. The number of fused-ring (bicyclic) bond motifs is 1. The second kappa shape index (κ2) is 5.43. The van der Waals surface area contributed by atoms with Crippen molar-refractivity contribution >= 4 is 17.1 Å². The van der Waals surface area contributed by atoms with Crippen LogP contribution < -0.4 is 10.5 Å². The molecule has 4 N–H and O–H groups in total. The van der Waals surface area contributed by atoms with E-state index in [1.54, 1.807) is 6.92 Å². The van der Waals surface area contributed by atoms with Crippen LogP contribution in [0.2, 0.25) is 0 Å². The lowest BCUT2D eigenvalue weighted by Gasteiger charge is -2.13. The maximum absolute atomic E-state index is 9.95. The van der Waals surface area contributed by atoms with E-state index in [4.69, 9.17) is 17.9 Å². The van der Waals surface area contributed by atoms with Crippen LogP contribution in [0, 0.1) is 0 Å². The van der Waals surface area contributed by atoms with E-state index in [-0.39, 0.29) is 23.0 Å². The van der Waals surface area contributed by atoms with Crippen LogP contribution in [0.3, 0.4) is 0 Å². The van der Waals surface area contributed by atoms with Crippen LogP contribution in [0.5, 0.6) is 5.88 Å². The van der Waals surface area contributed by atoms with Crippen molar-refractivity contribution in [3.05, 3.63) is 6.33 Å². The number of hydrogen-bond acceptors (Lipinski definition) is 8. The Morgan fingerprint density at radius 2 is 2.48 bits per heavy atom. The van der Waals surface area contributed by atoms with Gasteiger partial charge in [0.2, 0.25) is 11.8 Å². The summed E-state index contributed by atoms with van der Waals surface area (Å²) in [6, 6.07) is 0. The Morgan fingerprint density at radius 3 is 3.14 bits per heavy atom. The number of aromatic nitrogens is 4. The summed E-state index contributed by atoms with van der Waals surface area (Å²) in [5.41, 5.74) is 6.08. The number of ether oxygens (including phenoxy) is 2. The first kappa shape index (κ1) is 11.7. The van der Waals surface area contributed by atoms with E-state index in [2.05, 4.69) is 15.0 Å². The average Bonchev–Trinajstić information content (AvgIpc) is 3.03. The Labute approximate surface area is 123 Å². The largest absolute Gasteiger partial charge is 0.476 e. The highest BCUT2D eigenvalue weighted by atomic mass is 16.5. The first-order valence-corrected chi connectivity index (χ1v) is 6.45. The van der Waals surface area contributed by atoms with Gasteiger partial charge < -0.3 is 25.4 Å². The molecule has 9 heteroatoms. The summed E-state index contributed by atoms with van der Waals surface area (Å²) in [6.45, 7) is 1.60. The predicted octanol–water partition coefficient (Wildman–Crippen LogP) is -0.552. The van der Waals surface area contributed by atoms with Crippen molar-refractivity contribution in [2.45, 2.75) is 31.7 Å². The Kier molecular flexibility index (Phi) is 3.02.